The van der Waals surface area contributed by atoms with Crippen molar-refractivity contribution in [2.24, 2.45) is 5.14 Å². The highest BCUT2D eigenvalue weighted by molar-refractivity contribution is 7.89. The fourth-order valence-corrected chi connectivity index (χ4v) is 5.09. The van der Waals surface area contributed by atoms with Crippen molar-refractivity contribution in [2.75, 3.05) is 0 Å². The van der Waals surface area contributed by atoms with Crippen molar-refractivity contribution < 1.29 is 13.2 Å². The first kappa shape index (κ1) is 26.6. The Balaban J connectivity index is 1.58. The zero-order valence-corrected chi connectivity index (χ0v) is 22.6. The van der Waals surface area contributed by atoms with Crippen LogP contribution in [0, 0.1) is 6.92 Å². The van der Waals surface area contributed by atoms with Crippen molar-refractivity contribution in [1.29, 1.82) is 0 Å². The zero-order valence-electron chi connectivity index (χ0n) is 21.8. The predicted molar refractivity (Wildman–Crippen MR) is 154 cm³/mol. The SMILES string of the molecule is Cc1ccc(-c2c(-c3ccc(S(N)(=O)=O)cc3)nn(CCc3ccccc3)c2COCc2ccccc2)cc1. The van der Waals surface area contributed by atoms with Crippen molar-refractivity contribution in [2.45, 2.75) is 38.0 Å². The van der Waals surface area contributed by atoms with Gasteiger partial charge in [0.05, 0.1) is 23.8 Å². The molecule has 0 fully saturated rings. The van der Waals surface area contributed by atoms with Gasteiger partial charge < -0.3 is 4.74 Å². The van der Waals surface area contributed by atoms with Crippen molar-refractivity contribution in [3.05, 3.63) is 132 Å². The second kappa shape index (κ2) is 11.8. The van der Waals surface area contributed by atoms with Gasteiger partial charge in [0, 0.05) is 17.7 Å². The lowest BCUT2D eigenvalue weighted by Crippen LogP contribution is -2.11. The summed E-state index contributed by atoms with van der Waals surface area (Å²) in [5, 5.41) is 10.4. The van der Waals surface area contributed by atoms with Crippen LogP contribution in [0.15, 0.2) is 114 Å². The topological polar surface area (TPSA) is 87.2 Å². The Labute approximate surface area is 229 Å². The number of hydrogen-bond donors (Lipinski definition) is 1. The number of nitrogens with zero attached hydrogens (tertiary/aromatic N) is 2. The third kappa shape index (κ3) is 6.52. The molecule has 0 atom stereocenters. The summed E-state index contributed by atoms with van der Waals surface area (Å²) in [6.07, 6.45) is 0.811. The average Bonchev–Trinajstić information content (AvgIpc) is 3.31. The van der Waals surface area contributed by atoms with Crippen LogP contribution >= 0.6 is 0 Å². The molecule has 5 rings (SSSR count). The summed E-state index contributed by atoms with van der Waals surface area (Å²) in [5.74, 6) is 0. The Morgan fingerprint density at radius 2 is 1.33 bits per heavy atom. The monoisotopic (exact) mass is 537 g/mol. The molecule has 6 nitrogen and oxygen atoms in total. The van der Waals surface area contributed by atoms with Gasteiger partial charge in [0.1, 0.15) is 5.69 Å². The molecule has 2 N–H and O–H groups in total. The van der Waals surface area contributed by atoms with Crippen LogP contribution < -0.4 is 5.14 Å². The van der Waals surface area contributed by atoms with Gasteiger partial charge in [-0.25, -0.2) is 13.6 Å². The molecule has 198 valence electrons. The maximum absolute atomic E-state index is 11.9. The molecule has 0 saturated heterocycles. The first-order valence-corrected chi connectivity index (χ1v) is 14.4. The van der Waals surface area contributed by atoms with Crippen LogP contribution in [0.1, 0.15) is 22.4 Å². The molecule has 0 bridgehead atoms. The van der Waals surface area contributed by atoms with Gasteiger partial charge in [-0.3, -0.25) is 4.68 Å². The molecule has 0 unspecified atom stereocenters. The molecule has 0 aliphatic rings. The van der Waals surface area contributed by atoms with E-state index in [1.807, 2.05) is 53.2 Å². The zero-order chi connectivity index (χ0) is 27.2. The fraction of sp³-hybridized carbons (Fsp3) is 0.156. The first-order valence-electron chi connectivity index (χ1n) is 12.8. The number of hydrogen-bond acceptors (Lipinski definition) is 4. The highest BCUT2D eigenvalue weighted by atomic mass is 32.2. The van der Waals surface area contributed by atoms with E-state index in [2.05, 4.69) is 43.3 Å². The highest BCUT2D eigenvalue weighted by Crippen LogP contribution is 2.36. The minimum atomic E-state index is -3.80. The van der Waals surface area contributed by atoms with Crippen molar-refractivity contribution in [1.82, 2.24) is 9.78 Å². The lowest BCUT2D eigenvalue weighted by Gasteiger charge is -2.12. The standard InChI is InChI=1S/C32H31N3O3S/c1-24-12-14-27(15-13-24)31-30(23-38-22-26-10-6-3-7-11-26)35(21-20-25-8-4-2-5-9-25)34-32(31)28-16-18-29(19-17-28)39(33,36)37/h2-19H,20-23H2,1H3,(H2,33,36,37). The van der Waals surface area contributed by atoms with E-state index in [1.54, 1.807) is 12.1 Å². The number of aromatic nitrogens is 2. The number of primary sulfonamides is 1. The van der Waals surface area contributed by atoms with Crippen LogP contribution in [0.25, 0.3) is 22.4 Å². The van der Waals surface area contributed by atoms with Crippen LogP contribution in [-0.2, 0) is 40.9 Å². The summed E-state index contributed by atoms with van der Waals surface area (Å²) in [5.41, 5.74) is 8.03. The van der Waals surface area contributed by atoms with Crippen molar-refractivity contribution in [3.8, 4) is 22.4 Å². The van der Waals surface area contributed by atoms with E-state index < -0.39 is 10.0 Å². The fourth-order valence-electron chi connectivity index (χ4n) is 4.58. The van der Waals surface area contributed by atoms with Gasteiger partial charge in [-0.2, -0.15) is 5.10 Å². The number of rotatable bonds is 10. The largest absolute Gasteiger partial charge is 0.370 e. The molecule has 0 amide bonds. The third-order valence-electron chi connectivity index (χ3n) is 6.66. The van der Waals surface area contributed by atoms with Gasteiger partial charge in [0.2, 0.25) is 10.0 Å². The molecule has 0 saturated carbocycles. The lowest BCUT2D eigenvalue weighted by atomic mass is 9.98. The second-order valence-electron chi connectivity index (χ2n) is 9.54. The molecule has 0 aliphatic carbocycles. The van der Waals surface area contributed by atoms with E-state index in [4.69, 9.17) is 15.0 Å². The number of aryl methyl sites for hydroxylation is 3. The minimum absolute atomic E-state index is 0.0677. The van der Waals surface area contributed by atoms with Gasteiger partial charge in [-0.1, -0.05) is 103 Å². The molecule has 7 heteroatoms. The molecule has 0 spiro atoms. The second-order valence-corrected chi connectivity index (χ2v) is 11.1. The Morgan fingerprint density at radius 3 is 1.95 bits per heavy atom. The van der Waals surface area contributed by atoms with Crippen LogP contribution in [0.4, 0.5) is 0 Å². The number of benzene rings is 4. The molecule has 5 aromatic rings. The molecular weight excluding hydrogens is 506 g/mol. The summed E-state index contributed by atoms with van der Waals surface area (Å²) in [6, 6.07) is 35.3. The highest BCUT2D eigenvalue weighted by Gasteiger charge is 2.22. The van der Waals surface area contributed by atoms with Crippen LogP contribution in [-0.4, -0.2) is 18.2 Å². The summed E-state index contributed by atoms with van der Waals surface area (Å²) in [7, 11) is -3.80. The number of sulfonamides is 1. The van der Waals surface area contributed by atoms with E-state index in [1.165, 1.54) is 17.7 Å². The number of ether oxygens (including phenoxy) is 1. The van der Waals surface area contributed by atoms with Gasteiger partial charge in [0.15, 0.2) is 0 Å². The van der Waals surface area contributed by atoms with Gasteiger partial charge in [-0.15, -0.1) is 0 Å². The van der Waals surface area contributed by atoms with E-state index in [0.29, 0.717) is 19.8 Å². The minimum Gasteiger partial charge on any atom is -0.370 e. The average molecular weight is 538 g/mol. The van der Waals surface area contributed by atoms with E-state index in [9.17, 15) is 8.42 Å². The summed E-state index contributed by atoms with van der Waals surface area (Å²) in [6.45, 7) is 3.58. The van der Waals surface area contributed by atoms with E-state index in [0.717, 1.165) is 45.6 Å². The van der Waals surface area contributed by atoms with Crippen LogP contribution in [0.5, 0.6) is 0 Å². The van der Waals surface area contributed by atoms with Crippen LogP contribution in [0.2, 0.25) is 0 Å². The molecule has 0 radical (unpaired) electrons. The van der Waals surface area contributed by atoms with Gasteiger partial charge in [0.25, 0.3) is 0 Å². The normalized spacial score (nSPS) is 11.5. The molecule has 1 aromatic heterocycles. The Bertz CT molecular complexity index is 1630. The van der Waals surface area contributed by atoms with Crippen LogP contribution in [0.3, 0.4) is 0 Å². The van der Waals surface area contributed by atoms with Crippen molar-refractivity contribution in [3.63, 3.8) is 0 Å². The quantitative estimate of drug-likeness (QED) is 0.232. The maximum Gasteiger partial charge on any atom is 0.238 e. The Kier molecular flexibility index (Phi) is 8.02. The summed E-state index contributed by atoms with van der Waals surface area (Å²) in [4.78, 5) is 0.0677. The molecule has 1 heterocycles. The Hall–Kier alpha value is -4.04. The van der Waals surface area contributed by atoms with Gasteiger partial charge in [-0.05, 0) is 42.2 Å². The maximum atomic E-state index is 11.9. The van der Waals surface area contributed by atoms with Crippen molar-refractivity contribution >= 4 is 10.0 Å². The van der Waals surface area contributed by atoms with E-state index >= 15 is 0 Å². The number of nitrogens with two attached hydrogens (primary N) is 1. The molecule has 39 heavy (non-hydrogen) atoms. The summed E-state index contributed by atoms with van der Waals surface area (Å²) < 4.78 is 32.0. The van der Waals surface area contributed by atoms with E-state index in [-0.39, 0.29) is 4.90 Å². The molecule has 4 aromatic carbocycles. The summed E-state index contributed by atoms with van der Waals surface area (Å²) >= 11 is 0. The predicted octanol–water partition coefficient (Wildman–Crippen LogP) is 6.13. The third-order valence-corrected chi connectivity index (χ3v) is 7.59. The lowest BCUT2D eigenvalue weighted by molar-refractivity contribution is 0.101. The smallest absolute Gasteiger partial charge is 0.238 e. The first-order chi connectivity index (χ1) is 18.9. The Morgan fingerprint density at radius 1 is 0.744 bits per heavy atom. The molecule has 0 aliphatic heterocycles. The van der Waals surface area contributed by atoms with Gasteiger partial charge >= 0.3 is 0 Å². The molecular formula is C32H31N3O3S.